The van der Waals surface area contributed by atoms with Crippen molar-refractivity contribution in [3.63, 3.8) is 0 Å². The molecule has 4 heteroatoms. The molecule has 17 heavy (non-hydrogen) atoms. The van der Waals surface area contributed by atoms with Crippen LogP contribution in [-0.2, 0) is 9.59 Å². The maximum absolute atomic E-state index is 12.2. The highest BCUT2D eigenvalue weighted by molar-refractivity contribution is 5.79. The van der Waals surface area contributed by atoms with Crippen LogP contribution in [0.5, 0.6) is 0 Å². The number of hydrogen-bond donors (Lipinski definition) is 1. The normalized spacial score (nSPS) is 16.4. The number of nitrogens with zero attached hydrogens (tertiary/aromatic N) is 1. The van der Waals surface area contributed by atoms with Gasteiger partial charge in [-0.25, -0.2) is 0 Å². The number of rotatable bonds is 6. The third-order valence-electron chi connectivity index (χ3n) is 3.20. The van der Waals surface area contributed by atoms with E-state index in [0.29, 0.717) is 19.0 Å². The minimum atomic E-state index is -0.835. The van der Waals surface area contributed by atoms with E-state index >= 15 is 0 Å². The Morgan fingerprint density at radius 3 is 2.35 bits per heavy atom. The quantitative estimate of drug-likeness (QED) is 0.775. The second kappa shape index (κ2) is 6.62. The van der Waals surface area contributed by atoms with Crippen molar-refractivity contribution >= 4 is 11.9 Å². The molecule has 1 aliphatic carbocycles. The maximum Gasteiger partial charge on any atom is 0.305 e. The highest BCUT2D eigenvalue weighted by Gasteiger charge is 2.27. The van der Waals surface area contributed by atoms with Crippen molar-refractivity contribution in [1.82, 2.24) is 4.90 Å². The molecule has 0 aliphatic heterocycles. The highest BCUT2D eigenvalue weighted by Crippen LogP contribution is 2.26. The summed E-state index contributed by atoms with van der Waals surface area (Å²) in [6.07, 6.45) is 4.25. The topological polar surface area (TPSA) is 57.6 Å². The molecule has 0 unspecified atom stereocenters. The summed E-state index contributed by atoms with van der Waals surface area (Å²) in [5, 5.41) is 8.71. The number of carbonyl (C=O) groups excluding carboxylic acids is 1. The fraction of sp³-hybridized carbons (Fsp3) is 0.846. The van der Waals surface area contributed by atoms with Crippen molar-refractivity contribution in [3.05, 3.63) is 0 Å². The van der Waals surface area contributed by atoms with Crippen LogP contribution in [0.25, 0.3) is 0 Å². The van der Waals surface area contributed by atoms with Gasteiger partial charge >= 0.3 is 5.97 Å². The van der Waals surface area contributed by atoms with Gasteiger partial charge in [-0.1, -0.05) is 26.7 Å². The molecule has 0 atom stereocenters. The van der Waals surface area contributed by atoms with Crippen LogP contribution in [0.2, 0.25) is 0 Å². The predicted molar refractivity (Wildman–Crippen MR) is 65.6 cm³/mol. The third-order valence-corrected chi connectivity index (χ3v) is 3.20. The van der Waals surface area contributed by atoms with Crippen LogP contribution in [0.3, 0.4) is 0 Å². The van der Waals surface area contributed by atoms with E-state index in [1.807, 2.05) is 0 Å². The first-order valence-corrected chi connectivity index (χ1v) is 6.51. The minimum absolute atomic E-state index is 0.0468. The zero-order valence-corrected chi connectivity index (χ0v) is 10.8. The zero-order chi connectivity index (χ0) is 12.8. The molecule has 4 nitrogen and oxygen atoms in total. The van der Waals surface area contributed by atoms with E-state index in [1.165, 1.54) is 0 Å². The predicted octanol–water partition coefficient (Wildman–Crippen LogP) is 2.14. The number of carboxylic acids is 1. The third kappa shape index (κ3) is 4.75. The molecule has 1 aliphatic rings. The standard InChI is InChI=1S/C13H23NO3/c1-10(2)9-14(8-7-12(15)16)13(17)11-5-3-4-6-11/h10-11H,3-9H2,1-2H3,(H,15,16). The van der Waals surface area contributed by atoms with Crippen molar-refractivity contribution < 1.29 is 14.7 Å². The second-order valence-corrected chi connectivity index (χ2v) is 5.30. The molecule has 0 saturated heterocycles. The van der Waals surface area contributed by atoms with Crippen LogP contribution in [0.1, 0.15) is 46.0 Å². The summed E-state index contributed by atoms with van der Waals surface area (Å²) in [6.45, 7) is 5.12. The Balaban J connectivity index is 2.53. The summed E-state index contributed by atoms with van der Waals surface area (Å²) in [5.74, 6) is -0.146. The largest absolute Gasteiger partial charge is 0.481 e. The molecule has 1 fully saturated rings. The van der Waals surface area contributed by atoms with Crippen molar-refractivity contribution in [2.24, 2.45) is 11.8 Å². The van der Waals surface area contributed by atoms with Gasteiger partial charge in [-0.05, 0) is 18.8 Å². The van der Waals surface area contributed by atoms with E-state index < -0.39 is 5.97 Å². The Labute approximate surface area is 103 Å². The molecule has 0 aromatic heterocycles. The molecule has 1 saturated carbocycles. The van der Waals surface area contributed by atoms with Gasteiger partial charge in [-0.15, -0.1) is 0 Å². The van der Waals surface area contributed by atoms with E-state index in [4.69, 9.17) is 5.11 Å². The molecule has 98 valence electrons. The molecule has 1 N–H and O–H groups in total. The monoisotopic (exact) mass is 241 g/mol. The maximum atomic E-state index is 12.2. The van der Waals surface area contributed by atoms with Crippen molar-refractivity contribution in [2.75, 3.05) is 13.1 Å². The first-order valence-electron chi connectivity index (χ1n) is 6.51. The van der Waals surface area contributed by atoms with E-state index in [-0.39, 0.29) is 18.2 Å². The van der Waals surface area contributed by atoms with Crippen molar-refractivity contribution in [1.29, 1.82) is 0 Å². The van der Waals surface area contributed by atoms with Crippen molar-refractivity contribution in [2.45, 2.75) is 46.0 Å². The fourth-order valence-corrected chi connectivity index (χ4v) is 2.39. The molecule has 0 radical (unpaired) electrons. The number of amides is 1. The van der Waals surface area contributed by atoms with Gasteiger partial charge in [0.05, 0.1) is 6.42 Å². The Morgan fingerprint density at radius 1 is 1.29 bits per heavy atom. The van der Waals surface area contributed by atoms with Gasteiger partial charge in [0.15, 0.2) is 0 Å². The summed E-state index contributed by atoms with van der Waals surface area (Å²) in [4.78, 5) is 24.6. The Kier molecular flexibility index (Phi) is 5.45. The summed E-state index contributed by atoms with van der Waals surface area (Å²) in [6, 6.07) is 0. The van der Waals surface area contributed by atoms with Crippen molar-refractivity contribution in [3.8, 4) is 0 Å². The van der Waals surface area contributed by atoms with E-state index in [1.54, 1.807) is 4.90 Å². The lowest BCUT2D eigenvalue weighted by molar-refractivity contribution is -0.140. The van der Waals surface area contributed by atoms with Crippen LogP contribution in [0.4, 0.5) is 0 Å². The molecule has 1 rings (SSSR count). The molecule has 0 aromatic carbocycles. The summed E-state index contributed by atoms with van der Waals surface area (Å²) in [5.41, 5.74) is 0. The van der Waals surface area contributed by atoms with Crippen LogP contribution < -0.4 is 0 Å². The summed E-state index contributed by atoms with van der Waals surface area (Å²) < 4.78 is 0. The SMILES string of the molecule is CC(C)CN(CCC(=O)O)C(=O)C1CCCC1. The van der Waals surface area contributed by atoms with Gasteiger partial charge in [0.25, 0.3) is 0 Å². The van der Waals surface area contributed by atoms with Crippen LogP contribution >= 0.6 is 0 Å². The molecule has 0 bridgehead atoms. The highest BCUT2D eigenvalue weighted by atomic mass is 16.4. The number of carbonyl (C=O) groups is 2. The molecule has 0 heterocycles. The summed E-state index contributed by atoms with van der Waals surface area (Å²) in [7, 11) is 0. The average Bonchev–Trinajstić information content (AvgIpc) is 2.75. The van der Waals surface area contributed by atoms with Crippen LogP contribution in [0.15, 0.2) is 0 Å². The average molecular weight is 241 g/mol. The van der Waals surface area contributed by atoms with Gasteiger partial charge in [-0.2, -0.15) is 0 Å². The van der Waals surface area contributed by atoms with Crippen LogP contribution in [-0.4, -0.2) is 35.0 Å². The second-order valence-electron chi connectivity index (χ2n) is 5.30. The molecule has 1 amide bonds. The van der Waals surface area contributed by atoms with Gasteiger partial charge in [0.2, 0.25) is 5.91 Å². The first kappa shape index (κ1) is 14.0. The Bertz CT molecular complexity index is 270. The lowest BCUT2D eigenvalue weighted by Crippen LogP contribution is -2.39. The van der Waals surface area contributed by atoms with Gasteiger partial charge in [-0.3, -0.25) is 9.59 Å². The van der Waals surface area contributed by atoms with E-state index in [2.05, 4.69) is 13.8 Å². The molecule has 0 spiro atoms. The molecule has 0 aromatic rings. The van der Waals surface area contributed by atoms with Gasteiger partial charge in [0.1, 0.15) is 0 Å². The van der Waals surface area contributed by atoms with Crippen LogP contribution in [0, 0.1) is 11.8 Å². The van der Waals surface area contributed by atoms with E-state index in [9.17, 15) is 9.59 Å². The van der Waals surface area contributed by atoms with Gasteiger partial charge < -0.3 is 10.0 Å². The number of aliphatic carboxylic acids is 1. The first-order chi connectivity index (χ1) is 8.00. The molecular weight excluding hydrogens is 218 g/mol. The molecular formula is C13H23NO3. The number of carboxylic acid groups (broad SMARTS) is 1. The van der Waals surface area contributed by atoms with E-state index in [0.717, 1.165) is 25.7 Å². The Morgan fingerprint density at radius 2 is 1.88 bits per heavy atom. The lowest BCUT2D eigenvalue weighted by atomic mass is 10.1. The Hall–Kier alpha value is -1.06. The van der Waals surface area contributed by atoms with Gasteiger partial charge in [0, 0.05) is 19.0 Å². The summed E-state index contributed by atoms with van der Waals surface area (Å²) >= 11 is 0. The lowest BCUT2D eigenvalue weighted by Gasteiger charge is -2.26. The number of hydrogen-bond acceptors (Lipinski definition) is 2. The zero-order valence-electron chi connectivity index (χ0n) is 10.8. The minimum Gasteiger partial charge on any atom is -0.481 e. The smallest absolute Gasteiger partial charge is 0.305 e. The fourth-order valence-electron chi connectivity index (χ4n) is 2.39.